The normalized spacial score (nSPS) is 18.8. The SMILES string of the molecule is COCCC(=O)N1CCC2(CC1)CCN(C(=O)c1cocn1)CCCOc1ccccc1C(=O)NC2. The highest BCUT2D eigenvalue weighted by molar-refractivity contribution is 5.97. The molecule has 3 amide bonds. The fraction of sp³-hybridized carbons (Fsp3) is 0.538. The Morgan fingerprint density at radius 3 is 2.58 bits per heavy atom. The van der Waals surface area contributed by atoms with Gasteiger partial charge in [0.2, 0.25) is 5.91 Å². The lowest BCUT2D eigenvalue weighted by Crippen LogP contribution is -2.49. The summed E-state index contributed by atoms with van der Waals surface area (Å²) in [5, 5.41) is 3.11. The zero-order valence-electron chi connectivity index (χ0n) is 20.7. The lowest BCUT2D eigenvalue weighted by atomic mass is 9.75. The molecule has 0 radical (unpaired) electrons. The number of benzene rings is 1. The lowest BCUT2D eigenvalue weighted by molar-refractivity contribution is -0.134. The van der Waals surface area contributed by atoms with Crippen LogP contribution in [0.1, 0.15) is 53.0 Å². The molecule has 2 aromatic rings. The standard InChI is InChI=1S/C26H34N4O6/c1-34-16-7-23(31)29-12-8-26(9-13-29)10-14-30(25(33)21-17-35-19-28-21)11-4-15-36-22-6-3-2-5-20(22)24(32)27-18-26/h2-3,5-6,17,19H,4,7-16,18H2,1H3,(H,27,32). The molecule has 0 aliphatic carbocycles. The van der Waals surface area contributed by atoms with Gasteiger partial charge in [-0.05, 0) is 43.2 Å². The van der Waals surface area contributed by atoms with Gasteiger partial charge in [-0.25, -0.2) is 4.98 Å². The Hall–Kier alpha value is -3.40. The summed E-state index contributed by atoms with van der Waals surface area (Å²) >= 11 is 0. The van der Waals surface area contributed by atoms with Crippen LogP contribution in [0.3, 0.4) is 0 Å². The number of piperidine rings is 1. The molecule has 0 atom stereocenters. The lowest BCUT2D eigenvalue weighted by Gasteiger charge is -2.43. The maximum Gasteiger partial charge on any atom is 0.275 e. The smallest absolute Gasteiger partial charge is 0.275 e. The second-order valence-electron chi connectivity index (χ2n) is 9.42. The van der Waals surface area contributed by atoms with E-state index in [4.69, 9.17) is 13.9 Å². The van der Waals surface area contributed by atoms with E-state index < -0.39 is 0 Å². The highest BCUT2D eigenvalue weighted by Crippen LogP contribution is 2.35. The Balaban J connectivity index is 1.53. The van der Waals surface area contributed by atoms with Gasteiger partial charge < -0.3 is 29.0 Å². The Labute approximate surface area is 210 Å². The van der Waals surface area contributed by atoms with E-state index in [0.717, 1.165) is 12.8 Å². The summed E-state index contributed by atoms with van der Waals surface area (Å²) in [5.41, 5.74) is 0.515. The third-order valence-corrected chi connectivity index (χ3v) is 7.13. The van der Waals surface area contributed by atoms with Crippen LogP contribution < -0.4 is 10.1 Å². The van der Waals surface area contributed by atoms with Crippen LogP contribution in [0.2, 0.25) is 0 Å². The average Bonchev–Trinajstić information content (AvgIpc) is 3.45. The van der Waals surface area contributed by atoms with E-state index in [-0.39, 0.29) is 28.8 Å². The fourth-order valence-electron chi connectivity index (χ4n) is 4.84. The number of para-hydroxylation sites is 1. The van der Waals surface area contributed by atoms with Crippen molar-refractivity contribution < 1.29 is 28.3 Å². The van der Waals surface area contributed by atoms with Crippen molar-refractivity contribution in [1.29, 1.82) is 0 Å². The van der Waals surface area contributed by atoms with Gasteiger partial charge in [0.05, 0.1) is 25.2 Å². The number of hydrogen-bond donors (Lipinski definition) is 1. The number of carbonyl (C=O) groups excluding carboxylic acids is 3. The van der Waals surface area contributed by atoms with Gasteiger partial charge in [0.15, 0.2) is 12.1 Å². The van der Waals surface area contributed by atoms with Crippen LogP contribution in [0.15, 0.2) is 41.3 Å². The third kappa shape index (κ3) is 6.23. The second kappa shape index (κ2) is 12.0. The number of aromatic nitrogens is 1. The van der Waals surface area contributed by atoms with Crippen LogP contribution in [0.25, 0.3) is 0 Å². The predicted octanol–water partition coefficient (Wildman–Crippen LogP) is 2.36. The maximum atomic E-state index is 13.1. The first-order valence-electron chi connectivity index (χ1n) is 12.5. The topological polar surface area (TPSA) is 114 Å². The van der Waals surface area contributed by atoms with E-state index in [2.05, 4.69) is 10.3 Å². The van der Waals surface area contributed by atoms with E-state index in [1.165, 1.54) is 12.7 Å². The van der Waals surface area contributed by atoms with Gasteiger partial charge >= 0.3 is 0 Å². The van der Waals surface area contributed by atoms with Crippen LogP contribution in [0.5, 0.6) is 5.75 Å². The Kier molecular flexibility index (Phi) is 8.58. The monoisotopic (exact) mass is 498 g/mol. The number of fused-ring (bicyclic) bond motifs is 1. The van der Waals surface area contributed by atoms with Gasteiger partial charge in [-0.2, -0.15) is 0 Å². The van der Waals surface area contributed by atoms with Crippen molar-refractivity contribution in [2.75, 3.05) is 53.0 Å². The van der Waals surface area contributed by atoms with Crippen molar-refractivity contribution in [2.24, 2.45) is 5.41 Å². The van der Waals surface area contributed by atoms with E-state index in [9.17, 15) is 14.4 Å². The van der Waals surface area contributed by atoms with Crippen LogP contribution >= 0.6 is 0 Å². The summed E-state index contributed by atoms with van der Waals surface area (Å²) in [6.07, 6.45) is 5.73. The van der Waals surface area contributed by atoms with E-state index in [1.807, 2.05) is 17.0 Å². The zero-order valence-corrected chi connectivity index (χ0v) is 20.7. The van der Waals surface area contributed by atoms with Gasteiger partial charge in [-0.1, -0.05) is 12.1 Å². The average molecular weight is 499 g/mol. The molecule has 10 heteroatoms. The predicted molar refractivity (Wildman–Crippen MR) is 131 cm³/mol. The van der Waals surface area contributed by atoms with Crippen molar-refractivity contribution in [3.63, 3.8) is 0 Å². The number of carbonyl (C=O) groups is 3. The minimum atomic E-state index is -0.250. The van der Waals surface area contributed by atoms with Crippen LogP contribution in [-0.2, 0) is 9.53 Å². The van der Waals surface area contributed by atoms with Crippen molar-refractivity contribution in [1.82, 2.24) is 20.1 Å². The minimum absolute atomic E-state index is 0.0780. The molecule has 36 heavy (non-hydrogen) atoms. The number of amides is 3. The van der Waals surface area contributed by atoms with E-state index in [1.54, 1.807) is 24.1 Å². The van der Waals surface area contributed by atoms with Gasteiger partial charge in [-0.3, -0.25) is 14.4 Å². The van der Waals surface area contributed by atoms with Gasteiger partial charge in [0.25, 0.3) is 11.8 Å². The summed E-state index contributed by atoms with van der Waals surface area (Å²) in [5.74, 6) is 0.231. The molecule has 10 nitrogen and oxygen atoms in total. The van der Waals surface area contributed by atoms with Crippen molar-refractivity contribution in [3.05, 3.63) is 48.2 Å². The first-order chi connectivity index (χ1) is 17.5. The number of likely N-dealkylation sites (tertiary alicyclic amines) is 1. The number of rotatable bonds is 4. The molecule has 1 aromatic carbocycles. The third-order valence-electron chi connectivity index (χ3n) is 7.13. The first-order valence-corrected chi connectivity index (χ1v) is 12.5. The molecule has 2 aliphatic rings. The molecule has 1 saturated heterocycles. The molecule has 0 bridgehead atoms. The van der Waals surface area contributed by atoms with Gasteiger partial charge in [-0.15, -0.1) is 0 Å². The quantitative estimate of drug-likeness (QED) is 0.688. The molecule has 1 spiro atoms. The molecule has 0 unspecified atom stereocenters. The molecule has 1 N–H and O–H groups in total. The molecule has 1 fully saturated rings. The van der Waals surface area contributed by atoms with E-state index in [0.29, 0.717) is 76.5 Å². The Bertz CT molecular complexity index is 1030. The molecular formula is C26H34N4O6. The van der Waals surface area contributed by atoms with Crippen molar-refractivity contribution in [3.8, 4) is 5.75 Å². The summed E-state index contributed by atoms with van der Waals surface area (Å²) in [7, 11) is 1.59. The maximum absolute atomic E-state index is 13.1. The number of nitrogens with zero attached hydrogens (tertiary/aromatic N) is 3. The Morgan fingerprint density at radius 2 is 1.86 bits per heavy atom. The van der Waals surface area contributed by atoms with Crippen LogP contribution in [0.4, 0.5) is 0 Å². The molecule has 0 saturated carbocycles. The fourth-order valence-corrected chi connectivity index (χ4v) is 4.84. The number of methoxy groups -OCH3 is 1. The number of nitrogens with one attached hydrogen (secondary N) is 1. The first kappa shape index (κ1) is 25.7. The van der Waals surface area contributed by atoms with Crippen LogP contribution in [0, 0.1) is 5.41 Å². The molecule has 1 aromatic heterocycles. The highest BCUT2D eigenvalue weighted by atomic mass is 16.5. The second-order valence-corrected chi connectivity index (χ2v) is 9.42. The Morgan fingerprint density at radius 1 is 1.11 bits per heavy atom. The molecule has 2 aliphatic heterocycles. The number of ether oxygens (including phenoxy) is 2. The highest BCUT2D eigenvalue weighted by Gasteiger charge is 2.37. The van der Waals surface area contributed by atoms with Crippen molar-refractivity contribution >= 4 is 17.7 Å². The van der Waals surface area contributed by atoms with Gasteiger partial charge in [0.1, 0.15) is 12.0 Å². The summed E-state index contributed by atoms with van der Waals surface area (Å²) in [6, 6.07) is 7.20. The number of oxazole rings is 1. The van der Waals surface area contributed by atoms with Crippen LogP contribution in [-0.4, -0.2) is 85.6 Å². The van der Waals surface area contributed by atoms with Crippen molar-refractivity contribution in [2.45, 2.75) is 32.1 Å². The number of hydrogen-bond acceptors (Lipinski definition) is 7. The minimum Gasteiger partial charge on any atom is -0.493 e. The zero-order chi connectivity index (χ0) is 25.4. The summed E-state index contributed by atoms with van der Waals surface area (Å²) in [4.78, 5) is 46.5. The summed E-state index contributed by atoms with van der Waals surface area (Å²) in [6.45, 7) is 3.43. The molecule has 4 rings (SSSR count). The molecule has 3 heterocycles. The molecule has 194 valence electrons. The van der Waals surface area contributed by atoms with Gasteiger partial charge in [0, 0.05) is 39.8 Å². The summed E-state index contributed by atoms with van der Waals surface area (Å²) < 4.78 is 16.0. The largest absolute Gasteiger partial charge is 0.493 e. The molecular weight excluding hydrogens is 464 g/mol. The van der Waals surface area contributed by atoms with E-state index >= 15 is 0 Å².